The number of thioether (sulfide) groups is 1. The van der Waals surface area contributed by atoms with E-state index in [2.05, 4.69) is 46.5 Å². The molecule has 0 spiro atoms. The molecule has 0 saturated carbocycles. The first-order valence-electron chi connectivity index (χ1n) is 9.76. The zero-order valence-corrected chi connectivity index (χ0v) is 18.6. The molecule has 3 aromatic carbocycles. The smallest absolute Gasteiger partial charge is 0.212 e. The van der Waals surface area contributed by atoms with Gasteiger partial charge < -0.3 is 4.74 Å². The highest BCUT2D eigenvalue weighted by Gasteiger charge is 2.06. The van der Waals surface area contributed by atoms with E-state index in [-0.39, 0.29) is 0 Å². The molecule has 1 aromatic heterocycles. The molecule has 0 bridgehead atoms. The summed E-state index contributed by atoms with van der Waals surface area (Å²) < 4.78 is 7.67. The summed E-state index contributed by atoms with van der Waals surface area (Å²) in [6, 6.07) is 23.9. The first-order chi connectivity index (χ1) is 15.2. The molecular weight excluding hydrogens is 428 g/mol. The van der Waals surface area contributed by atoms with Crippen molar-refractivity contribution in [3.63, 3.8) is 0 Å². The molecule has 0 fully saturated rings. The van der Waals surface area contributed by atoms with Crippen LogP contribution in [0.4, 0.5) is 0 Å². The SMILES string of the molecule is Cc1ccc(CSc2nncn2/N=C\c2ccccc2OCc2ccc(Cl)cc2)cc1. The van der Waals surface area contributed by atoms with Gasteiger partial charge in [0.05, 0.1) is 6.21 Å². The summed E-state index contributed by atoms with van der Waals surface area (Å²) in [5.41, 5.74) is 4.40. The second kappa shape index (κ2) is 10.3. The van der Waals surface area contributed by atoms with E-state index >= 15 is 0 Å². The Balaban J connectivity index is 1.42. The van der Waals surface area contributed by atoms with Gasteiger partial charge in [-0.3, -0.25) is 0 Å². The van der Waals surface area contributed by atoms with Crippen LogP contribution in [0.1, 0.15) is 22.3 Å². The molecule has 0 unspecified atom stereocenters. The fraction of sp³-hybridized carbons (Fsp3) is 0.125. The van der Waals surface area contributed by atoms with E-state index in [1.54, 1.807) is 29.0 Å². The summed E-state index contributed by atoms with van der Waals surface area (Å²) >= 11 is 7.54. The van der Waals surface area contributed by atoms with Gasteiger partial charge in [0.25, 0.3) is 0 Å². The number of hydrogen-bond acceptors (Lipinski definition) is 5. The van der Waals surface area contributed by atoms with Crippen molar-refractivity contribution in [1.29, 1.82) is 0 Å². The van der Waals surface area contributed by atoms with Crippen molar-refractivity contribution in [2.75, 3.05) is 0 Å². The molecule has 1 heterocycles. The van der Waals surface area contributed by atoms with E-state index in [0.717, 1.165) is 27.8 Å². The van der Waals surface area contributed by atoms with Crippen LogP contribution in [0.2, 0.25) is 5.02 Å². The minimum atomic E-state index is 0.451. The summed E-state index contributed by atoms with van der Waals surface area (Å²) in [4.78, 5) is 0. The minimum absolute atomic E-state index is 0.451. The molecule has 5 nitrogen and oxygen atoms in total. The predicted octanol–water partition coefficient (Wildman–Crippen LogP) is 5.99. The maximum Gasteiger partial charge on any atom is 0.212 e. The fourth-order valence-electron chi connectivity index (χ4n) is 2.81. The highest BCUT2D eigenvalue weighted by atomic mass is 35.5. The highest BCUT2D eigenvalue weighted by Crippen LogP contribution is 2.22. The number of aryl methyl sites for hydroxylation is 1. The summed E-state index contributed by atoms with van der Waals surface area (Å²) in [7, 11) is 0. The Morgan fingerprint density at radius 3 is 2.55 bits per heavy atom. The average Bonchev–Trinajstić information content (AvgIpc) is 3.25. The molecule has 0 aliphatic heterocycles. The lowest BCUT2D eigenvalue weighted by Crippen LogP contribution is -1.99. The van der Waals surface area contributed by atoms with E-state index < -0.39 is 0 Å². The topological polar surface area (TPSA) is 52.3 Å². The van der Waals surface area contributed by atoms with Crippen LogP contribution in [0.15, 0.2) is 89.4 Å². The van der Waals surface area contributed by atoms with E-state index in [1.807, 2.05) is 48.5 Å². The lowest BCUT2D eigenvalue weighted by Gasteiger charge is -2.09. The van der Waals surface area contributed by atoms with Crippen LogP contribution in [0, 0.1) is 6.92 Å². The van der Waals surface area contributed by atoms with Gasteiger partial charge >= 0.3 is 0 Å². The van der Waals surface area contributed by atoms with Crippen LogP contribution < -0.4 is 4.74 Å². The number of aromatic nitrogens is 3. The molecule has 0 radical (unpaired) electrons. The Bertz CT molecular complexity index is 1160. The molecule has 0 amide bonds. The first kappa shape index (κ1) is 21.2. The Hall–Kier alpha value is -3.09. The molecule has 4 aromatic rings. The van der Waals surface area contributed by atoms with Gasteiger partial charge in [-0.1, -0.05) is 77.5 Å². The van der Waals surface area contributed by atoms with Gasteiger partial charge in [-0.2, -0.15) is 9.78 Å². The number of para-hydroxylation sites is 1. The van der Waals surface area contributed by atoms with Crippen molar-refractivity contribution < 1.29 is 4.74 Å². The zero-order valence-electron chi connectivity index (χ0n) is 17.0. The number of nitrogens with zero attached hydrogens (tertiary/aromatic N) is 4. The van der Waals surface area contributed by atoms with Gasteiger partial charge in [0, 0.05) is 16.3 Å². The number of benzene rings is 3. The molecule has 156 valence electrons. The quantitative estimate of drug-likeness (QED) is 0.245. The van der Waals surface area contributed by atoms with Gasteiger partial charge in [-0.15, -0.1) is 10.2 Å². The number of rotatable bonds is 8. The third kappa shape index (κ3) is 5.96. The maximum atomic E-state index is 6.00. The summed E-state index contributed by atoms with van der Waals surface area (Å²) in [6.07, 6.45) is 3.36. The standard InChI is InChI=1S/C24H21ClN4OS/c1-18-6-8-20(9-7-18)16-31-24-28-26-17-29(24)27-14-21-4-2-3-5-23(21)30-15-19-10-12-22(25)13-11-19/h2-14,17H,15-16H2,1H3/b27-14-. The lowest BCUT2D eigenvalue weighted by atomic mass is 10.2. The molecule has 0 aliphatic carbocycles. The van der Waals surface area contributed by atoms with Crippen LogP contribution in [-0.4, -0.2) is 21.1 Å². The van der Waals surface area contributed by atoms with Crippen LogP contribution in [-0.2, 0) is 12.4 Å². The van der Waals surface area contributed by atoms with Gasteiger partial charge in [-0.05, 0) is 42.3 Å². The second-order valence-electron chi connectivity index (χ2n) is 6.93. The zero-order chi connectivity index (χ0) is 21.5. The minimum Gasteiger partial charge on any atom is -0.488 e. The van der Waals surface area contributed by atoms with Crippen molar-refractivity contribution >= 4 is 29.6 Å². The molecular formula is C24H21ClN4OS. The third-order valence-corrected chi connectivity index (χ3v) is 5.79. The average molecular weight is 449 g/mol. The molecule has 0 aliphatic rings. The van der Waals surface area contributed by atoms with Crippen LogP contribution in [0.25, 0.3) is 0 Å². The van der Waals surface area contributed by atoms with E-state index in [1.165, 1.54) is 11.1 Å². The molecule has 4 rings (SSSR count). The Morgan fingerprint density at radius 2 is 1.74 bits per heavy atom. The highest BCUT2D eigenvalue weighted by molar-refractivity contribution is 7.98. The fourth-order valence-corrected chi connectivity index (χ4v) is 3.76. The maximum absolute atomic E-state index is 6.00. The summed E-state index contributed by atoms with van der Waals surface area (Å²) in [5.74, 6) is 1.55. The first-order valence-corrected chi connectivity index (χ1v) is 11.1. The van der Waals surface area contributed by atoms with Crippen LogP contribution in [0.3, 0.4) is 0 Å². The van der Waals surface area contributed by atoms with E-state index in [4.69, 9.17) is 16.3 Å². The van der Waals surface area contributed by atoms with E-state index in [0.29, 0.717) is 11.6 Å². The van der Waals surface area contributed by atoms with Crippen molar-refractivity contribution in [2.24, 2.45) is 5.10 Å². The monoisotopic (exact) mass is 448 g/mol. The number of ether oxygens (including phenoxy) is 1. The Labute approximate surface area is 190 Å². The molecule has 0 N–H and O–H groups in total. The van der Waals surface area contributed by atoms with Crippen molar-refractivity contribution in [3.8, 4) is 5.75 Å². The van der Waals surface area contributed by atoms with E-state index in [9.17, 15) is 0 Å². The van der Waals surface area contributed by atoms with Gasteiger partial charge in [0.1, 0.15) is 18.7 Å². The lowest BCUT2D eigenvalue weighted by molar-refractivity contribution is 0.306. The summed E-state index contributed by atoms with van der Waals surface area (Å²) in [6.45, 7) is 2.53. The van der Waals surface area contributed by atoms with Crippen molar-refractivity contribution in [3.05, 3.63) is 106 Å². The molecule has 0 atom stereocenters. The van der Waals surface area contributed by atoms with Gasteiger partial charge in [0.2, 0.25) is 5.16 Å². The predicted molar refractivity (Wildman–Crippen MR) is 126 cm³/mol. The number of hydrogen-bond donors (Lipinski definition) is 0. The Morgan fingerprint density at radius 1 is 1.00 bits per heavy atom. The second-order valence-corrected chi connectivity index (χ2v) is 8.31. The number of halogens is 1. The largest absolute Gasteiger partial charge is 0.488 e. The van der Waals surface area contributed by atoms with Crippen LogP contribution >= 0.6 is 23.4 Å². The molecule has 31 heavy (non-hydrogen) atoms. The van der Waals surface area contributed by atoms with Crippen molar-refractivity contribution in [1.82, 2.24) is 14.9 Å². The van der Waals surface area contributed by atoms with Gasteiger partial charge in [0.15, 0.2) is 0 Å². The normalized spacial score (nSPS) is 11.2. The third-order valence-electron chi connectivity index (χ3n) is 4.54. The van der Waals surface area contributed by atoms with Crippen LogP contribution in [0.5, 0.6) is 5.75 Å². The van der Waals surface area contributed by atoms with Crippen molar-refractivity contribution in [2.45, 2.75) is 24.4 Å². The summed E-state index contributed by atoms with van der Waals surface area (Å²) in [5, 5.41) is 14.2. The molecule has 0 saturated heterocycles. The van der Waals surface area contributed by atoms with Gasteiger partial charge in [-0.25, -0.2) is 0 Å². The Kier molecular flexibility index (Phi) is 7.02. The molecule has 7 heteroatoms.